The predicted octanol–water partition coefficient (Wildman–Crippen LogP) is 1.93. The minimum Gasteiger partial charge on any atom is -0.492 e. The van der Waals surface area contributed by atoms with E-state index in [-0.39, 0.29) is 12.2 Å². The van der Waals surface area contributed by atoms with Crippen LogP contribution in [0.5, 0.6) is 5.75 Å². The van der Waals surface area contributed by atoms with Gasteiger partial charge >= 0.3 is 5.97 Å². The highest BCUT2D eigenvalue weighted by Crippen LogP contribution is 2.15. The first-order valence-electron chi connectivity index (χ1n) is 10.2. The molecule has 0 saturated carbocycles. The lowest BCUT2D eigenvalue weighted by Gasteiger charge is -2.06. The number of aromatic nitrogens is 5. The number of carbonyl (C=O) groups excluding carboxylic acids is 1. The summed E-state index contributed by atoms with van der Waals surface area (Å²) in [6.45, 7) is 4.48. The summed E-state index contributed by atoms with van der Waals surface area (Å²) in [4.78, 5) is 35.3. The molecule has 3 heterocycles. The van der Waals surface area contributed by atoms with E-state index in [1.165, 1.54) is 0 Å². The number of fused-ring (bicyclic) bond motifs is 1. The van der Waals surface area contributed by atoms with Crippen molar-refractivity contribution < 1.29 is 14.3 Å². The van der Waals surface area contributed by atoms with Gasteiger partial charge < -0.3 is 14.5 Å². The zero-order chi connectivity index (χ0) is 22.2. The Kier molecular flexibility index (Phi) is 7.38. The lowest BCUT2D eigenvalue weighted by molar-refractivity contribution is -0.136. The number of hydrogen-bond acceptors (Lipinski definition) is 7. The maximum absolute atomic E-state index is 12.4. The van der Waals surface area contributed by atoms with Crippen LogP contribution in [0, 0.1) is 11.8 Å². The fourth-order valence-electron chi connectivity index (χ4n) is 3.10. The molecule has 9 heteroatoms. The van der Waals surface area contributed by atoms with E-state index < -0.39 is 5.97 Å². The Morgan fingerprint density at radius 2 is 2.10 bits per heavy atom. The van der Waals surface area contributed by atoms with Gasteiger partial charge in [0.2, 0.25) is 0 Å². The summed E-state index contributed by atoms with van der Waals surface area (Å²) in [5.74, 6) is 5.67. The highest BCUT2D eigenvalue weighted by Gasteiger charge is 2.14. The van der Waals surface area contributed by atoms with Crippen LogP contribution >= 0.6 is 0 Å². The molecule has 31 heavy (non-hydrogen) atoms. The first-order valence-corrected chi connectivity index (χ1v) is 10.2. The Morgan fingerprint density at radius 1 is 1.26 bits per heavy atom. The molecule has 0 aliphatic carbocycles. The number of nitrogens with one attached hydrogen (secondary N) is 1. The Balaban J connectivity index is 1.60. The van der Waals surface area contributed by atoms with Crippen molar-refractivity contribution in [3.8, 4) is 17.6 Å². The largest absolute Gasteiger partial charge is 0.492 e. The molecule has 0 aliphatic heterocycles. The molecule has 0 bridgehead atoms. The molecule has 0 aromatic carbocycles. The van der Waals surface area contributed by atoms with E-state index in [1.54, 1.807) is 37.1 Å². The maximum atomic E-state index is 12.4. The average molecular weight is 423 g/mol. The second-order valence-electron chi connectivity index (χ2n) is 6.86. The van der Waals surface area contributed by atoms with Crippen LogP contribution < -0.4 is 10.3 Å². The number of H-pyrrole nitrogens is 1. The van der Waals surface area contributed by atoms with Crippen molar-refractivity contribution >= 4 is 17.0 Å². The van der Waals surface area contributed by atoms with E-state index >= 15 is 0 Å². The number of rotatable bonds is 8. The van der Waals surface area contributed by atoms with Gasteiger partial charge in [-0.2, -0.15) is 5.10 Å². The quantitative estimate of drug-likeness (QED) is 0.335. The lowest BCUT2D eigenvalue weighted by Crippen LogP contribution is -2.15. The van der Waals surface area contributed by atoms with Crippen LogP contribution in [0.15, 0.2) is 23.3 Å². The smallest absolute Gasteiger partial charge is 0.384 e. The molecule has 1 N–H and O–H groups in total. The molecule has 3 aromatic heterocycles. The number of ether oxygens (including phenoxy) is 2. The number of hydrogen-bond donors (Lipinski definition) is 1. The molecular weight excluding hydrogens is 398 g/mol. The Bertz CT molecular complexity index is 1190. The third kappa shape index (κ3) is 5.69. The lowest BCUT2D eigenvalue weighted by atomic mass is 10.2. The van der Waals surface area contributed by atoms with Gasteiger partial charge in [-0.05, 0) is 25.8 Å². The van der Waals surface area contributed by atoms with Gasteiger partial charge in [0.05, 0.1) is 25.1 Å². The van der Waals surface area contributed by atoms with Crippen LogP contribution in [0.1, 0.15) is 43.8 Å². The number of pyridine rings is 1. The number of esters is 1. The number of carbonyl (C=O) groups is 1. The van der Waals surface area contributed by atoms with Gasteiger partial charge in [-0.25, -0.2) is 9.78 Å². The van der Waals surface area contributed by atoms with Crippen molar-refractivity contribution in [3.63, 3.8) is 0 Å². The monoisotopic (exact) mass is 423 g/mol. The second kappa shape index (κ2) is 10.4. The van der Waals surface area contributed by atoms with Crippen LogP contribution in [0.4, 0.5) is 0 Å². The molecule has 0 fully saturated rings. The number of nitrogens with zero attached hydrogens (tertiary/aromatic N) is 4. The van der Waals surface area contributed by atoms with Crippen LogP contribution in [0.2, 0.25) is 0 Å². The van der Waals surface area contributed by atoms with E-state index in [4.69, 9.17) is 9.47 Å². The number of aryl methyl sites for hydroxylation is 3. The topological polar surface area (TPSA) is 112 Å². The first kappa shape index (κ1) is 22.0. The normalized spacial score (nSPS) is 10.5. The summed E-state index contributed by atoms with van der Waals surface area (Å²) in [6, 6.07) is 1.71. The second-order valence-corrected chi connectivity index (χ2v) is 6.86. The molecule has 0 spiro atoms. The molecule has 3 aromatic rings. The zero-order valence-electron chi connectivity index (χ0n) is 17.9. The Hall–Kier alpha value is -3.67. The third-order valence-electron chi connectivity index (χ3n) is 4.42. The van der Waals surface area contributed by atoms with Crippen molar-refractivity contribution in [2.45, 2.75) is 39.5 Å². The summed E-state index contributed by atoms with van der Waals surface area (Å²) in [5.41, 5.74) is 2.38. The highest BCUT2D eigenvalue weighted by molar-refractivity contribution is 5.89. The summed E-state index contributed by atoms with van der Waals surface area (Å²) >= 11 is 0. The van der Waals surface area contributed by atoms with E-state index in [2.05, 4.69) is 38.8 Å². The van der Waals surface area contributed by atoms with Crippen molar-refractivity contribution in [2.24, 2.45) is 7.05 Å². The van der Waals surface area contributed by atoms with E-state index in [0.29, 0.717) is 47.6 Å². The van der Waals surface area contributed by atoms with Gasteiger partial charge in [-0.3, -0.25) is 14.5 Å². The van der Waals surface area contributed by atoms with E-state index in [9.17, 15) is 9.59 Å². The Morgan fingerprint density at radius 3 is 2.87 bits per heavy atom. The standard InChI is InChI=1S/C22H25N5O4/c1-4-7-17-20-21(27(3)26-17)22(29)25-18(24-20)8-6-11-31-16-12-15(13-23-14-16)9-10-19(28)30-5-2/h12-14H,4-8,11H2,1-3H3,(H,24,25,29). The van der Waals surface area contributed by atoms with Gasteiger partial charge in [0.25, 0.3) is 5.56 Å². The van der Waals surface area contributed by atoms with Crippen molar-refractivity contribution in [3.05, 3.63) is 45.9 Å². The molecule has 3 rings (SSSR count). The molecule has 0 atom stereocenters. The van der Waals surface area contributed by atoms with Gasteiger partial charge in [-0.15, -0.1) is 0 Å². The van der Waals surface area contributed by atoms with Gasteiger partial charge in [0, 0.05) is 31.1 Å². The SMILES string of the molecule is CCCc1nn(C)c2c(=O)[nH]c(CCCOc3cncc(C#CC(=O)OCC)c3)nc12. The molecular formula is C22H25N5O4. The van der Waals surface area contributed by atoms with Crippen LogP contribution in [-0.2, 0) is 29.4 Å². The minimum atomic E-state index is -0.581. The molecule has 0 saturated heterocycles. The molecule has 0 aliphatic rings. The van der Waals surface area contributed by atoms with Gasteiger partial charge in [0.15, 0.2) is 5.52 Å². The Labute approximate surface area is 179 Å². The molecule has 0 unspecified atom stereocenters. The fraction of sp³-hybridized carbons (Fsp3) is 0.409. The zero-order valence-corrected chi connectivity index (χ0v) is 17.9. The van der Waals surface area contributed by atoms with Crippen molar-refractivity contribution in [1.82, 2.24) is 24.7 Å². The summed E-state index contributed by atoms with van der Waals surface area (Å²) < 4.78 is 12.1. The summed E-state index contributed by atoms with van der Waals surface area (Å²) in [6.07, 6.45) is 6.04. The molecule has 0 radical (unpaired) electrons. The summed E-state index contributed by atoms with van der Waals surface area (Å²) in [7, 11) is 1.76. The van der Waals surface area contributed by atoms with E-state index in [1.807, 2.05) is 0 Å². The van der Waals surface area contributed by atoms with Crippen LogP contribution in [0.25, 0.3) is 11.0 Å². The highest BCUT2D eigenvalue weighted by atomic mass is 16.5. The van der Waals surface area contributed by atoms with Gasteiger partial charge in [0.1, 0.15) is 17.1 Å². The first-order chi connectivity index (χ1) is 15.0. The van der Waals surface area contributed by atoms with Gasteiger partial charge in [-0.1, -0.05) is 19.3 Å². The minimum absolute atomic E-state index is 0.185. The van der Waals surface area contributed by atoms with E-state index in [0.717, 1.165) is 18.5 Å². The third-order valence-corrected chi connectivity index (χ3v) is 4.42. The van der Waals surface area contributed by atoms with Crippen LogP contribution in [-0.4, -0.2) is 43.9 Å². The van der Waals surface area contributed by atoms with Crippen LogP contribution in [0.3, 0.4) is 0 Å². The number of aromatic amines is 1. The maximum Gasteiger partial charge on any atom is 0.384 e. The molecule has 162 valence electrons. The average Bonchev–Trinajstić information content (AvgIpc) is 3.06. The molecule has 0 amide bonds. The summed E-state index contributed by atoms with van der Waals surface area (Å²) in [5, 5.41) is 4.42. The van der Waals surface area contributed by atoms with Crippen molar-refractivity contribution in [1.29, 1.82) is 0 Å². The molecule has 9 nitrogen and oxygen atoms in total. The fourth-order valence-corrected chi connectivity index (χ4v) is 3.10. The van der Waals surface area contributed by atoms with Crippen molar-refractivity contribution in [2.75, 3.05) is 13.2 Å². The predicted molar refractivity (Wildman–Crippen MR) is 115 cm³/mol.